The smallest absolute Gasteiger partial charge is 0.293 e. The van der Waals surface area contributed by atoms with Gasteiger partial charge in [0.1, 0.15) is 17.3 Å². The number of halogens is 1. The van der Waals surface area contributed by atoms with Crippen LogP contribution in [-0.2, 0) is 9.59 Å². The van der Waals surface area contributed by atoms with E-state index in [0.29, 0.717) is 22.6 Å². The predicted molar refractivity (Wildman–Crippen MR) is 121 cm³/mol. The zero-order valence-electron chi connectivity index (χ0n) is 17.5. The molecule has 1 saturated heterocycles. The van der Waals surface area contributed by atoms with Crippen LogP contribution in [0.5, 0.6) is 11.5 Å². The molecule has 3 rings (SSSR count). The van der Waals surface area contributed by atoms with Crippen molar-refractivity contribution >= 4 is 41.0 Å². The summed E-state index contributed by atoms with van der Waals surface area (Å²) in [4.78, 5) is 38.1. The number of carbonyl (C=O) groups excluding carboxylic acids is 3. The van der Waals surface area contributed by atoms with Gasteiger partial charge >= 0.3 is 0 Å². The van der Waals surface area contributed by atoms with E-state index >= 15 is 0 Å². The van der Waals surface area contributed by atoms with Crippen LogP contribution in [0.25, 0.3) is 12.2 Å². The molecule has 1 heterocycles. The summed E-state index contributed by atoms with van der Waals surface area (Å²) in [6.45, 7) is 0.143. The lowest BCUT2D eigenvalue weighted by atomic mass is 10.2. The van der Waals surface area contributed by atoms with E-state index in [2.05, 4.69) is 5.32 Å². The van der Waals surface area contributed by atoms with Gasteiger partial charge in [-0.05, 0) is 59.3 Å². The zero-order valence-corrected chi connectivity index (χ0v) is 18.3. The van der Waals surface area contributed by atoms with Gasteiger partial charge in [-0.3, -0.25) is 19.3 Å². The number of benzene rings is 2. The highest BCUT2D eigenvalue weighted by Crippen LogP contribution is 2.31. The average molecular weight is 456 g/mol. The van der Waals surface area contributed by atoms with Crippen LogP contribution in [0.15, 0.2) is 53.4 Å². The van der Waals surface area contributed by atoms with Crippen molar-refractivity contribution in [2.75, 3.05) is 27.3 Å². The standard InChI is InChI=1S/C23H21FN2O5S/c1-30-18-11-16(12-19(14-18)31-2)5-8-21(27)25-9-10-26-22(28)20(32-23(26)29)13-15-3-6-17(24)7-4-15/h3-8,11-14H,9-10H2,1-2H3,(H,25,27)/b8-5+,20-13-. The second-order valence-electron chi connectivity index (χ2n) is 6.66. The minimum absolute atomic E-state index is 0.0397. The summed E-state index contributed by atoms with van der Waals surface area (Å²) in [5.41, 5.74) is 1.33. The molecule has 1 fully saturated rings. The molecule has 0 bridgehead atoms. The predicted octanol–water partition coefficient (Wildman–Crippen LogP) is 3.71. The Morgan fingerprint density at radius 3 is 2.34 bits per heavy atom. The van der Waals surface area contributed by atoms with Crippen LogP contribution in [0, 0.1) is 5.82 Å². The summed E-state index contributed by atoms with van der Waals surface area (Å²) in [6.07, 6.45) is 4.48. The molecule has 2 aromatic rings. The number of hydrogen-bond donors (Lipinski definition) is 1. The summed E-state index contributed by atoms with van der Waals surface area (Å²) in [6, 6.07) is 10.8. The van der Waals surface area contributed by atoms with Gasteiger partial charge < -0.3 is 14.8 Å². The molecule has 0 radical (unpaired) electrons. The second kappa shape index (κ2) is 10.6. The van der Waals surface area contributed by atoms with E-state index < -0.39 is 11.1 Å². The fourth-order valence-corrected chi connectivity index (χ4v) is 3.72. The van der Waals surface area contributed by atoms with Crippen LogP contribution in [-0.4, -0.2) is 49.3 Å². The van der Waals surface area contributed by atoms with E-state index in [1.807, 2.05) is 0 Å². The number of ether oxygens (including phenoxy) is 2. The van der Waals surface area contributed by atoms with Crippen LogP contribution in [0.2, 0.25) is 0 Å². The molecule has 3 amide bonds. The molecule has 0 aliphatic carbocycles. The number of nitrogens with one attached hydrogen (secondary N) is 1. The van der Waals surface area contributed by atoms with Crippen molar-refractivity contribution in [2.24, 2.45) is 0 Å². The molecule has 0 aromatic heterocycles. The van der Waals surface area contributed by atoms with Crippen molar-refractivity contribution in [3.05, 3.63) is 70.4 Å². The Hall–Kier alpha value is -3.59. The van der Waals surface area contributed by atoms with Crippen LogP contribution in [0.4, 0.5) is 9.18 Å². The maximum atomic E-state index is 13.0. The number of thioether (sulfide) groups is 1. The molecular formula is C23H21FN2O5S. The quantitative estimate of drug-likeness (QED) is 0.610. The van der Waals surface area contributed by atoms with Crippen LogP contribution < -0.4 is 14.8 Å². The number of methoxy groups -OCH3 is 2. The highest BCUT2D eigenvalue weighted by atomic mass is 32.2. The van der Waals surface area contributed by atoms with Gasteiger partial charge in [-0.25, -0.2) is 4.39 Å². The third-order valence-corrected chi connectivity index (χ3v) is 5.38. The van der Waals surface area contributed by atoms with Gasteiger partial charge in [-0.15, -0.1) is 0 Å². The minimum Gasteiger partial charge on any atom is -0.497 e. The minimum atomic E-state index is -0.447. The lowest BCUT2D eigenvalue weighted by Crippen LogP contribution is -2.36. The summed E-state index contributed by atoms with van der Waals surface area (Å²) in [5.74, 6) is -0.0151. The lowest BCUT2D eigenvalue weighted by molar-refractivity contribution is -0.123. The van der Waals surface area contributed by atoms with Gasteiger partial charge in [0, 0.05) is 25.2 Å². The first kappa shape index (κ1) is 23.1. The monoisotopic (exact) mass is 456 g/mol. The van der Waals surface area contributed by atoms with Gasteiger partial charge in [0.15, 0.2) is 0 Å². The molecule has 0 spiro atoms. The Balaban J connectivity index is 1.54. The van der Waals surface area contributed by atoms with E-state index in [9.17, 15) is 18.8 Å². The highest BCUT2D eigenvalue weighted by molar-refractivity contribution is 8.18. The van der Waals surface area contributed by atoms with E-state index in [1.165, 1.54) is 50.6 Å². The zero-order chi connectivity index (χ0) is 23.1. The first-order valence-electron chi connectivity index (χ1n) is 9.59. The third kappa shape index (κ3) is 5.98. The first-order valence-corrected chi connectivity index (χ1v) is 10.4. The van der Waals surface area contributed by atoms with Crippen molar-refractivity contribution in [3.63, 3.8) is 0 Å². The van der Waals surface area contributed by atoms with Crippen molar-refractivity contribution in [3.8, 4) is 11.5 Å². The Labute approximate surface area is 188 Å². The Bertz CT molecular complexity index is 1060. The molecule has 1 N–H and O–H groups in total. The van der Waals surface area contributed by atoms with Gasteiger partial charge in [0.05, 0.1) is 19.1 Å². The fraction of sp³-hybridized carbons (Fsp3) is 0.174. The molecule has 1 aliphatic heterocycles. The van der Waals surface area contributed by atoms with E-state index in [-0.39, 0.29) is 29.7 Å². The number of carbonyl (C=O) groups is 3. The number of imide groups is 1. The SMILES string of the molecule is COc1cc(/C=C/C(=O)NCCN2C(=O)S/C(=C\c3ccc(F)cc3)C2=O)cc(OC)c1. The lowest BCUT2D eigenvalue weighted by Gasteiger charge is -2.12. The normalized spacial score (nSPS) is 15.0. The highest BCUT2D eigenvalue weighted by Gasteiger charge is 2.34. The molecular weight excluding hydrogens is 435 g/mol. The molecule has 2 aromatic carbocycles. The fourth-order valence-electron chi connectivity index (χ4n) is 2.85. The molecule has 7 nitrogen and oxygen atoms in total. The van der Waals surface area contributed by atoms with Crippen LogP contribution in [0.3, 0.4) is 0 Å². The van der Waals surface area contributed by atoms with Gasteiger partial charge in [0.2, 0.25) is 5.91 Å². The Morgan fingerprint density at radius 2 is 1.72 bits per heavy atom. The molecule has 0 unspecified atom stereocenters. The van der Waals surface area contributed by atoms with E-state index in [0.717, 1.165) is 16.7 Å². The van der Waals surface area contributed by atoms with Gasteiger partial charge in [0.25, 0.3) is 11.1 Å². The topological polar surface area (TPSA) is 84.9 Å². The molecule has 0 saturated carbocycles. The van der Waals surface area contributed by atoms with Crippen molar-refractivity contribution < 1.29 is 28.2 Å². The summed E-state index contributed by atoms with van der Waals surface area (Å²) in [7, 11) is 3.07. The summed E-state index contributed by atoms with van der Waals surface area (Å²) < 4.78 is 23.4. The van der Waals surface area contributed by atoms with Gasteiger partial charge in [-0.1, -0.05) is 12.1 Å². The van der Waals surface area contributed by atoms with Gasteiger partial charge in [-0.2, -0.15) is 0 Å². The third-order valence-electron chi connectivity index (χ3n) is 4.48. The average Bonchev–Trinajstić information content (AvgIpc) is 3.06. The second-order valence-corrected chi connectivity index (χ2v) is 7.65. The molecule has 1 aliphatic rings. The molecule has 32 heavy (non-hydrogen) atoms. The number of rotatable bonds is 8. The van der Waals surface area contributed by atoms with Crippen LogP contribution in [0.1, 0.15) is 11.1 Å². The number of hydrogen-bond acceptors (Lipinski definition) is 6. The first-order chi connectivity index (χ1) is 15.4. The maximum Gasteiger partial charge on any atom is 0.293 e. The number of nitrogens with zero attached hydrogens (tertiary/aromatic N) is 1. The Kier molecular flexibility index (Phi) is 7.67. The van der Waals surface area contributed by atoms with Crippen LogP contribution >= 0.6 is 11.8 Å². The summed E-state index contributed by atoms with van der Waals surface area (Å²) >= 11 is 0.809. The largest absolute Gasteiger partial charge is 0.497 e. The molecule has 0 atom stereocenters. The van der Waals surface area contributed by atoms with E-state index in [4.69, 9.17) is 9.47 Å². The van der Waals surface area contributed by atoms with Crippen molar-refractivity contribution in [1.29, 1.82) is 0 Å². The van der Waals surface area contributed by atoms with Crippen molar-refractivity contribution in [2.45, 2.75) is 0 Å². The molecule has 9 heteroatoms. The summed E-state index contributed by atoms with van der Waals surface area (Å²) in [5, 5.41) is 2.22. The maximum absolute atomic E-state index is 13.0. The Morgan fingerprint density at radius 1 is 1.06 bits per heavy atom. The van der Waals surface area contributed by atoms with E-state index in [1.54, 1.807) is 24.3 Å². The molecule has 166 valence electrons. The van der Waals surface area contributed by atoms with Crippen molar-refractivity contribution in [1.82, 2.24) is 10.2 Å². The number of amides is 3.